The summed E-state index contributed by atoms with van der Waals surface area (Å²) in [6.45, 7) is 7.82. The second kappa shape index (κ2) is 8.81. The number of anilines is 1. The minimum Gasteiger partial charge on any atom is -0.451 e. The Hall–Kier alpha value is -2.14. The minimum atomic E-state index is -0.439. The maximum absolute atomic E-state index is 12.2. The molecule has 0 aliphatic rings. The summed E-state index contributed by atoms with van der Waals surface area (Å²) in [6, 6.07) is 7.78. The molecule has 2 rings (SSSR count). The number of ether oxygens (including phenoxy) is 1. The number of para-hydroxylation sites is 1. The molecule has 134 valence electrons. The number of aryl methyl sites for hydroxylation is 4. The molecule has 0 spiro atoms. The number of nitrogens with one attached hydrogen (secondary N) is 1. The van der Waals surface area contributed by atoms with Crippen molar-refractivity contribution in [1.82, 2.24) is 0 Å². The van der Waals surface area contributed by atoms with Crippen molar-refractivity contribution in [3.63, 3.8) is 0 Å². The van der Waals surface area contributed by atoms with E-state index in [0.717, 1.165) is 41.0 Å². The smallest absolute Gasteiger partial charge is 0.348 e. The first kappa shape index (κ1) is 19.2. The Morgan fingerprint density at radius 1 is 1.16 bits per heavy atom. The highest BCUT2D eigenvalue weighted by molar-refractivity contribution is 7.14. The van der Waals surface area contributed by atoms with Crippen LogP contribution in [0.1, 0.15) is 51.5 Å². The fraction of sp³-hybridized carbons (Fsp3) is 0.400. The minimum absolute atomic E-state index is 0.281. The van der Waals surface area contributed by atoms with E-state index in [9.17, 15) is 9.59 Å². The quantitative estimate of drug-likeness (QED) is 0.731. The number of carbonyl (C=O) groups is 2. The molecule has 1 N–H and O–H groups in total. The van der Waals surface area contributed by atoms with Crippen LogP contribution < -0.4 is 5.32 Å². The van der Waals surface area contributed by atoms with Gasteiger partial charge in [0.2, 0.25) is 0 Å². The van der Waals surface area contributed by atoms with Crippen molar-refractivity contribution in [2.45, 2.75) is 47.0 Å². The average molecular weight is 359 g/mol. The molecule has 0 aliphatic heterocycles. The van der Waals surface area contributed by atoms with Crippen LogP contribution in [0.15, 0.2) is 24.3 Å². The first-order valence-corrected chi connectivity index (χ1v) is 9.42. The molecule has 25 heavy (non-hydrogen) atoms. The number of hydrogen-bond donors (Lipinski definition) is 1. The van der Waals surface area contributed by atoms with Gasteiger partial charge >= 0.3 is 5.97 Å². The normalized spacial score (nSPS) is 10.6. The van der Waals surface area contributed by atoms with Gasteiger partial charge in [-0.05, 0) is 49.4 Å². The van der Waals surface area contributed by atoms with Gasteiger partial charge in [0, 0.05) is 10.6 Å². The summed E-state index contributed by atoms with van der Waals surface area (Å²) in [4.78, 5) is 26.0. The van der Waals surface area contributed by atoms with E-state index in [1.54, 1.807) is 0 Å². The number of thiophene rings is 1. The second-order valence-corrected chi connectivity index (χ2v) is 7.29. The summed E-state index contributed by atoms with van der Waals surface area (Å²) >= 11 is 1.42. The zero-order valence-electron chi connectivity index (χ0n) is 15.3. The van der Waals surface area contributed by atoms with Crippen LogP contribution in [0, 0.1) is 13.8 Å². The fourth-order valence-corrected chi connectivity index (χ4v) is 3.68. The second-order valence-electron chi connectivity index (χ2n) is 6.03. The standard InChI is InChI=1S/C20H25NO3S/c1-5-8-16-11-17(25-14(16)4)20(23)24-12-18(22)21-19-13(3)9-7-10-15(19)6-2/h7,9-11H,5-6,8,12H2,1-4H3,(H,21,22). The van der Waals surface area contributed by atoms with E-state index in [2.05, 4.69) is 12.2 Å². The van der Waals surface area contributed by atoms with Gasteiger partial charge in [-0.25, -0.2) is 4.79 Å². The van der Waals surface area contributed by atoms with Crippen LogP contribution in [0.2, 0.25) is 0 Å². The van der Waals surface area contributed by atoms with Crippen LogP contribution in [-0.2, 0) is 22.4 Å². The number of hydrogen-bond acceptors (Lipinski definition) is 4. The molecule has 2 aromatic rings. The molecule has 1 amide bonds. The van der Waals surface area contributed by atoms with Gasteiger partial charge in [0.15, 0.2) is 6.61 Å². The van der Waals surface area contributed by atoms with Gasteiger partial charge in [-0.2, -0.15) is 0 Å². The zero-order valence-corrected chi connectivity index (χ0v) is 16.1. The molecule has 1 aromatic carbocycles. The summed E-state index contributed by atoms with van der Waals surface area (Å²) in [5, 5.41) is 2.86. The van der Waals surface area contributed by atoms with Crippen molar-refractivity contribution in [3.05, 3.63) is 50.7 Å². The summed E-state index contributed by atoms with van der Waals surface area (Å²) in [5.41, 5.74) is 4.05. The van der Waals surface area contributed by atoms with Crippen molar-refractivity contribution in [3.8, 4) is 0 Å². The molecule has 4 nitrogen and oxygen atoms in total. The molecular formula is C20H25NO3S. The van der Waals surface area contributed by atoms with Crippen molar-refractivity contribution in [1.29, 1.82) is 0 Å². The van der Waals surface area contributed by atoms with Gasteiger partial charge in [-0.15, -0.1) is 11.3 Å². The van der Waals surface area contributed by atoms with Crippen LogP contribution in [0.5, 0.6) is 0 Å². The number of rotatable bonds is 7. The maximum atomic E-state index is 12.2. The Morgan fingerprint density at radius 3 is 2.60 bits per heavy atom. The lowest BCUT2D eigenvalue weighted by molar-refractivity contribution is -0.119. The van der Waals surface area contributed by atoms with Gasteiger partial charge in [0.1, 0.15) is 4.88 Å². The van der Waals surface area contributed by atoms with E-state index < -0.39 is 5.97 Å². The Kier molecular flexibility index (Phi) is 6.76. The van der Waals surface area contributed by atoms with E-state index in [1.807, 2.05) is 45.0 Å². The van der Waals surface area contributed by atoms with Crippen molar-refractivity contribution in [2.75, 3.05) is 11.9 Å². The van der Waals surface area contributed by atoms with E-state index in [1.165, 1.54) is 16.9 Å². The van der Waals surface area contributed by atoms with E-state index in [-0.39, 0.29) is 12.5 Å². The van der Waals surface area contributed by atoms with Crippen molar-refractivity contribution >= 4 is 28.9 Å². The lowest BCUT2D eigenvalue weighted by Crippen LogP contribution is -2.21. The Labute approximate surface area is 153 Å². The lowest BCUT2D eigenvalue weighted by atomic mass is 10.1. The number of amides is 1. The third kappa shape index (κ3) is 4.92. The number of esters is 1. The molecule has 0 aliphatic carbocycles. The summed E-state index contributed by atoms with van der Waals surface area (Å²) in [5.74, 6) is -0.759. The first-order chi connectivity index (χ1) is 12.0. The molecule has 0 saturated carbocycles. The van der Waals surface area contributed by atoms with Crippen LogP contribution >= 0.6 is 11.3 Å². The Morgan fingerprint density at radius 2 is 1.92 bits per heavy atom. The molecule has 0 atom stereocenters. The topological polar surface area (TPSA) is 55.4 Å². The largest absolute Gasteiger partial charge is 0.451 e. The molecule has 0 bridgehead atoms. The molecule has 5 heteroatoms. The first-order valence-electron chi connectivity index (χ1n) is 8.61. The van der Waals surface area contributed by atoms with Crippen LogP contribution in [-0.4, -0.2) is 18.5 Å². The van der Waals surface area contributed by atoms with Crippen LogP contribution in [0.25, 0.3) is 0 Å². The van der Waals surface area contributed by atoms with E-state index in [4.69, 9.17) is 4.74 Å². The summed E-state index contributed by atoms with van der Waals surface area (Å²) in [6.07, 6.45) is 2.81. The third-order valence-electron chi connectivity index (χ3n) is 4.08. The zero-order chi connectivity index (χ0) is 18.4. The molecule has 1 heterocycles. The van der Waals surface area contributed by atoms with Gasteiger partial charge in [-0.3, -0.25) is 4.79 Å². The number of carbonyl (C=O) groups excluding carboxylic acids is 2. The molecular weight excluding hydrogens is 334 g/mol. The highest BCUT2D eigenvalue weighted by atomic mass is 32.1. The maximum Gasteiger partial charge on any atom is 0.348 e. The fourth-order valence-electron chi connectivity index (χ4n) is 2.72. The number of benzene rings is 1. The summed E-state index contributed by atoms with van der Waals surface area (Å²) < 4.78 is 5.18. The Balaban J connectivity index is 1.96. The van der Waals surface area contributed by atoms with Gasteiger partial charge in [0.05, 0.1) is 0 Å². The SMILES string of the molecule is CCCc1cc(C(=O)OCC(=O)Nc2c(C)cccc2CC)sc1C. The predicted octanol–water partition coefficient (Wildman–Crippen LogP) is 4.68. The third-order valence-corrected chi connectivity index (χ3v) is 5.15. The van der Waals surface area contributed by atoms with Gasteiger partial charge in [0.25, 0.3) is 5.91 Å². The van der Waals surface area contributed by atoms with Crippen LogP contribution in [0.3, 0.4) is 0 Å². The molecule has 0 saturated heterocycles. The highest BCUT2D eigenvalue weighted by Gasteiger charge is 2.16. The predicted molar refractivity (Wildman–Crippen MR) is 103 cm³/mol. The van der Waals surface area contributed by atoms with Crippen LogP contribution in [0.4, 0.5) is 5.69 Å². The van der Waals surface area contributed by atoms with Gasteiger partial charge < -0.3 is 10.1 Å². The molecule has 0 unspecified atom stereocenters. The summed E-state index contributed by atoms with van der Waals surface area (Å²) in [7, 11) is 0. The van der Waals surface area contributed by atoms with Crippen molar-refractivity contribution < 1.29 is 14.3 Å². The van der Waals surface area contributed by atoms with E-state index in [0.29, 0.717) is 4.88 Å². The average Bonchev–Trinajstić information content (AvgIpc) is 2.96. The molecule has 1 aromatic heterocycles. The lowest BCUT2D eigenvalue weighted by Gasteiger charge is -2.12. The highest BCUT2D eigenvalue weighted by Crippen LogP contribution is 2.24. The molecule has 0 radical (unpaired) electrons. The van der Waals surface area contributed by atoms with Crippen molar-refractivity contribution in [2.24, 2.45) is 0 Å². The van der Waals surface area contributed by atoms with E-state index >= 15 is 0 Å². The van der Waals surface area contributed by atoms with Gasteiger partial charge in [-0.1, -0.05) is 38.5 Å². The molecule has 0 fully saturated rings. The Bertz CT molecular complexity index is 764. The monoisotopic (exact) mass is 359 g/mol.